The normalized spacial score (nSPS) is 10.3. The summed E-state index contributed by atoms with van der Waals surface area (Å²) in [4.78, 5) is 4.16. The van der Waals surface area contributed by atoms with Crippen molar-refractivity contribution < 1.29 is 18.7 Å². The van der Waals surface area contributed by atoms with Crippen LogP contribution in [0.25, 0.3) is 11.4 Å². The molecule has 0 unspecified atom stereocenters. The lowest BCUT2D eigenvalue weighted by Gasteiger charge is -2.13. The number of ether oxygens (including phenoxy) is 3. The maximum Gasteiger partial charge on any atom is 0.240 e. The quantitative estimate of drug-likeness (QED) is 0.868. The molecule has 0 aliphatic heterocycles. The summed E-state index contributed by atoms with van der Waals surface area (Å²) < 4.78 is 20.8. The lowest BCUT2D eigenvalue weighted by molar-refractivity contribution is 0.325. The summed E-state index contributed by atoms with van der Waals surface area (Å²) in [6.45, 7) is 0.183. The number of methoxy groups -OCH3 is 3. The topological polar surface area (TPSA) is 92.6 Å². The Kier molecular flexibility index (Phi) is 3.86. The monoisotopic (exact) mass is 265 g/mol. The lowest BCUT2D eigenvalue weighted by atomic mass is 10.1. The van der Waals surface area contributed by atoms with Crippen LogP contribution >= 0.6 is 0 Å². The van der Waals surface area contributed by atoms with Crippen LogP contribution in [0.1, 0.15) is 5.89 Å². The average molecular weight is 265 g/mol. The molecule has 0 saturated carbocycles. The molecular weight excluding hydrogens is 250 g/mol. The predicted octanol–water partition coefficient (Wildman–Crippen LogP) is 1.22. The van der Waals surface area contributed by atoms with E-state index in [9.17, 15) is 0 Å². The third-order valence-electron chi connectivity index (χ3n) is 2.59. The van der Waals surface area contributed by atoms with E-state index >= 15 is 0 Å². The fraction of sp³-hybridized carbons (Fsp3) is 0.333. The Morgan fingerprint density at radius 3 is 2.37 bits per heavy atom. The van der Waals surface area contributed by atoms with Crippen molar-refractivity contribution in [3.63, 3.8) is 0 Å². The molecule has 1 aromatic carbocycles. The van der Waals surface area contributed by atoms with Crippen molar-refractivity contribution >= 4 is 0 Å². The van der Waals surface area contributed by atoms with Crippen LogP contribution in [0.4, 0.5) is 0 Å². The maximum absolute atomic E-state index is 5.44. The smallest absolute Gasteiger partial charge is 0.240 e. The standard InChI is InChI=1S/C12H15N3O4/c1-16-8-5-4-7(10(17-2)11(8)18-3)12-14-9(6-13)19-15-12/h4-5H,6,13H2,1-3H3. The Morgan fingerprint density at radius 2 is 1.84 bits per heavy atom. The number of aromatic nitrogens is 2. The van der Waals surface area contributed by atoms with Gasteiger partial charge in [-0.2, -0.15) is 4.98 Å². The molecule has 0 spiro atoms. The molecule has 0 aliphatic rings. The average Bonchev–Trinajstić information content (AvgIpc) is 2.94. The van der Waals surface area contributed by atoms with Crippen LogP contribution < -0.4 is 19.9 Å². The zero-order chi connectivity index (χ0) is 13.8. The van der Waals surface area contributed by atoms with E-state index in [1.54, 1.807) is 19.2 Å². The highest BCUT2D eigenvalue weighted by Crippen LogP contribution is 2.43. The van der Waals surface area contributed by atoms with Gasteiger partial charge in [-0.1, -0.05) is 5.16 Å². The Bertz CT molecular complexity index is 568. The van der Waals surface area contributed by atoms with Crippen molar-refractivity contribution in [1.82, 2.24) is 10.1 Å². The lowest BCUT2D eigenvalue weighted by Crippen LogP contribution is -1.98. The van der Waals surface area contributed by atoms with E-state index in [0.29, 0.717) is 34.5 Å². The van der Waals surface area contributed by atoms with Gasteiger partial charge >= 0.3 is 0 Å². The molecule has 0 amide bonds. The molecule has 0 fully saturated rings. The summed E-state index contributed by atoms with van der Waals surface area (Å²) in [6, 6.07) is 3.51. The van der Waals surface area contributed by atoms with Crippen molar-refractivity contribution in [1.29, 1.82) is 0 Å². The second-order valence-corrected chi connectivity index (χ2v) is 3.60. The molecule has 0 bridgehead atoms. The molecule has 2 aromatic rings. The molecule has 0 saturated heterocycles. The molecule has 19 heavy (non-hydrogen) atoms. The maximum atomic E-state index is 5.44. The number of hydrogen-bond acceptors (Lipinski definition) is 7. The minimum atomic E-state index is 0.183. The summed E-state index contributed by atoms with van der Waals surface area (Å²) in [7, 11) is 4.62. The van der Waals surface area contributed by atoms with Crippen LogP contribution in [-0.4, -0.2) is 31.5 Å². The van der Waals surface area contributed by atoms with Crippen LogP contribution in [0.3, 0.4) is 0 Å². The molecular formula is C12H15N3O4. The molecule has 0 aliphatic carbocycles. The molecule has 2 rings (SSSR count). The highest BCUT2D eigenvalue weighted by molar-refractivity contribution is 5.71. The van der Waals surface area contributed by atoms with Gasteiger partial charge in [-0.25, -0.2) is 0 Å². The van der Waals surface area contributed by atoms with Gasteiger partial charge in [0.15, 0.2) is 11.5 Å². The molecule has 2 N–H and O–H groups in total. The third-order valence-corrected chi connectivity index (χ3v) is 2.59. The van der Waals surface area contributed by atoms with Gasteiger partial charge in [0.2, 0.25) is 17.5 Å². The number of hydrogen-bond donors (Lipinski definition) is 1. The third kappa shape index (κ3) is 2.32. The molecule has 0 radical (unpaired) electrons. The van der Waals surface area contributed by atoms with Crippen LogP contribution in [0.5, 0.6) is 17.2 Å². The summed E-state index contributed by atoms with van der Waals surface area (Å²) in [5, 5.41) is 3.85. The van der Waals surface area contributed by atoms with Gasteiger partial charge in [-0.15, -0.1) is 0 Å². The second-order valence-electron chi connectivity index (χ2n) is 3.60. The van der Waals surface area contributed by atoms with Gasteiger partial charge in [0.05, 0.1) is 33.4 Å². The Hall–Kier alpha value is -2.28. The minimum absolute atomic E-state index is 0.183. The van der Waals surface area contributed by atoms with Gasteiger partial charge in [0.25, 0.3) is 0 Å². The first-order valence-electron chi connectivity index (χ1n) is 5.57. The molecule has 7 heteroatoms. The van der Waals surface area contributed by atoms with Crippen molar-refractivity contribution in [2.24, 2.45) is 5.73 Å². The van der Waals surface area contributed by atoms with Gasteiger partial charge in [-0.3, -0.25) is 0 Å². The van der Waals surface area contributed by atoms with Gasteiger partial charge in [0, 0.05) is 0 Å². The highest BCUT2D eigenvalue weighted by atomic mass is 16.5. The van der Waals surface area contributed by atoms with Crippen LogP contribution in [-0.2, 0) is 6.54 Å². The van der Waals surface area contributed by atoms with Crippen LogP contribution in [0, 0.1) is 0 Å². The van der Waals surface area contributed by atoms with E-state index in [1.807, 2.05) is 0 Å². The van der Waals surface area contributed by atoms with Crippen molar-refractivity contribution in [3.05, 3.63) is 18.0 Å². The molecule has 1 aromatic heterocycles. The minimum Gasteiger partial charge on any atom is -0.493 e. The summed E-state index contributed by atoms with van der Waals surface area (Å²) in [6.07, 6.45) is 0. The number of nitrogens with two attached hydrogens (primary N) is 1. The van der Waals surface area contributed by atoms with E-state index in [4.69, 9.17) is 24.5 Å². The van der Waals surface area contributed by atoms with E-state index in [2.05, 4.69) is 10.1 Å². The molecule has 0 atom stereocenters. The summed E-state index contributed by atoms with van der Waals surface area (Å²) in [5.41, 5.74) is 6.08. The van der Waals surface area contributed by atoms with Gasteiger partial charge in [-0.05, 0) is 12.1 Å². The first-order chi connectivity index (χ1) is 9.24. The first kappa shape index (κ1) is 13.2. The predicted molar refractivity (Wildman–Crippen MR) is 67.3 cm³/mol. The van der Waals surface area contributed by atoms with E-state index in [1.165, 1.54) is 14.2 Å². The van der Waals surface area contributed by atoms with Crippen LogP contribution in [0.2, 0.25) is 0 Å². The summed E-state index contributed by atoms with van der Waals surface area (Å²) in [5.74, 6) is 2.25. The zero-order valence-corrected chi connectivity index (χ0v) is 11.0. The van der Waals surface area contributed by atoms with Crippen molar-refractivity contribution in [2.75, 3.05) is 21.3 Å². The SMILES string of the molecule is COc1ccc(-c2noc(CN)n2)c(OC)c1OC. The summed E-state index contributed by atoms with van der Waals surface area (Å²) >= 11 is 0. The molecule has 1 heterocycles. The van der Waals surface area contributed by atoms with Gasteiger partial charge in [0.1, 0.15) is 0 Å². The van der Waals surface area contributed by atoms with Crippen molar-refractivity contribution in [2.45, 2.75) is 6.54 Å². The van der Waals surface area contributed by atoms with E-state index in [0.717, 1.165) is 0 Å². The zero-order valence-electron chi connectivity index (χ0n) is 11.0. The fourth-order valence-corrected chi connectivity index (χ4v) is 1.72. The van der Waals surface area contributed by atoms with Crippen LogP contribution in [0.15, 0.2) is 16.7 Å². The highest BCUT2D eigenvalue weighted by Gasteiger charge is 2.20. The number of rotatable bonds is 5. The fourth-order valence-electron chi connectivity index (χ4n) is 1.72. The Balaban J connectivity index is 2.56. The number of benzene rings is 1. The van der Waals surface area contributed by atoms with Gasteiger partial charge < -0.3 is 24.5 Å². The Labute approximate surface area is 110 Å². The van der Waals surface area contributed by atoms with E-state index in [-0.39, 0.29) is 6.54 Å². The number of nitrogens with zero attached hydrogens (tertiary/aromatic N) is 2. The Morgan fingerprint density at radius 1 is 1.11 bits per heavy atom. The molecule has 102 valence electrons. The first-order valence-corrected chi connectivity index (χ1v) is 5.57. The van der Waals surface area contributed by atoms with Crippen molar-refractivity contribution in [3.8, 4) is 28.6 Å². The second kappa shape index (κ2) is 5.57. The molecule has 7 nitrogen and oxygen atoms in total. The largest absolute Gasteiger partial charge is 0.493 e. The van der Waals surface area contributed by atoms with E-state index < -0.39 is 0 Å².